The maximum atomic E-state index is 12.9. The molecule has 3 aromatic rings. The minimum absolute atomic E-state index is 0.183. The van der Waals surface area contributed by atoms with Crippen molar-refractivity contribution < 1.29 is 4.57 Å². The van der Waals surface area contributed by atoms with E-state index in [1.807, 2.05) is 10.6 Å². The molecule has 2 N–H and O–H groups in total. The number of aromatic nitrogens is 3. The number of unbranched alkanes of at least 4 members (excludes halogenated alkanes) is 1. The van der Waals surface area contributed by atoms with Crippen LogP contribution in [0.25, 0.3) is 16.7 Å². The number of anilines is 1. The molecule has 0 aliphatic carbocycles. The Morgan fingerprint density at radius 3 is 2.88 bits per heavy atom. The van der Waals surface area contributed by atoms with Crippen LogP contribution in [-0.4, -0.2) is 9.38 Å². The third-order valence-electron chi connectivity index (χ3n) is 4.96. The SMILES string of the molecule is CCCC[C@H](CC)C[n+]1c(N)c(C#N)cc2c(=O)n3ccccc3nc21. The molecule has 0 bridgehead atoms. The number of nitriles is 1. The molecule has 0 amide bonds. The van der Waals surface area contributed by atoms with E-state index in [-0.39, 0.29) is 5.56 Å². The van der Waals surface area contributed by atoms with Gasteiger partial charge in [0.05, 0.1) is 6.54 Å². The van der Waals surface area contributed by atoms with Gasteiger partial charge in [0.2, 0.25) is 11.5 Å². The molecule has 0 spiro atoms. The number of fused-ring (bicyclic) bond motifs is 2. The summed E-state index contributed by atoms with van der Waals surface area (Å²) in [5.74, 6) is 0.803. The predicted molar refractivity (Wildman–Crippen MR) is 102 cm³/mol. The second kappa shape index (κ2) is 7.52. The number of rotatable bonds is 6. The molecule has 6 nitrogen and oxygen atoms in total. The first-order chi connectivity index (χ1) is 12.6. The molecule has 0 aliphatic rings. The molecule has 0 unspecified atom stereocenters. The zero-order chi connectivity index (χ0) is 18.7. The fraction of sp³-hybridized carbons (Fsp3) is 0.400. The molecule has 0 radical (unpaired) electrons. The van der Waals surface area contributed by atoms with E-state index in [1.165, 1.54) is 4.40 Å². The van der Waals surface area contributed by atoms with Gasteiger partial charge in [0.15, 0.2) is 0 Å². The van der Waals surface area contributed by atoms with Crippen LogP contribution in [0.5, 0.6) is 0 Å². The van der Waals surface area contributed by atoms with Crippen LogP contribution in [0.15, 0.2) is 35.3 Å². The number of nitrogens with zero attached hydrogens (tertiary/aromatic N) is 4. The summed E-state index contributed by atoms with van der Waals surface area (Å²) in [7, 11) is 0. The van der Waals surface area contributed by atoms with Gasteiger partial charge in [-0.1, -0.05) is 44.2 Å². The summed E-state index contributed by atoms with van der Waals surface area (Å²) in [6.07, 6.45) is 6.07. The minimum atomic E-state index is -0.183. The van der Waals surface area contributed by atoms with E-state index in [2.05, 4.69) is 24.9 Å². The minimum Gasteiger partial charge on any atom is -0.317 e. The van der Waals surface area contributed by atoms with Crippen molar-refractivity contribution in [2.45, 2.75) is 46.1 Å². The van der Waals surface area contributed by atoms with Crippen molar-refractivity contribution in [1.82, 2.24) is 9.38 Å². The lowest BCUT2D eigenvalue weighted by Gasteiger charge is -2.16. The normalized spacial score (nSPS) is 12.3. The van der Waals surface area contributed by atoms with Crippen LogP contribution in [0.4, 0.5) is 5.82 Å². The van der Waals surface area contributed by atoms with Gasteiger partial charge in [-0.05, 0) is 30.5 Å². The average Bonchev–Trinajstić information content (AvgIpc) is 2.67. The predicted octanol–water partition coefficient (Wildman–Crippen LogP) is 2.81. The second-order valence-electron chi connectivity index (χ2n) is 6.67. The summed E-state index contributed by atoms with van der Waals surface area (Å²) in [4.78, 5) is 17.6. The van der Waals surface area contributed by atoms with E-state index in [0.29, 0.717) is 40.5 Å². The van der Waals surface area contributed by atoms with Gasteiger partial charge < -0.3 is 5.73 Å². The molecule has 0 aliphatic heterocycles. The summed E-state index contributed by atoms with van der Waals surface area (Å²) in [5, 5.41) is 9.89. The molecule has 0 aromatic carbocycles. The number of pyridine rings is 2. The van der Waals surface area contributed by atoms with Crippen molar-refractivity contribution in [3.05, 3.63) is 46.4 Å². The van der Waals surface area contributed by atoms with Gasteiger partial charge in [-0.15, -0.1) is 0 Å². The Kier molecular flexibility index (Phi) is 5.17. The van der Waals surface area contributed by atoms with E-state index in [4.69, 9.17) is 5.73 Å². The summed E-state index contributed by atoms with van der Waals surface area (Å²) in [5.41, 5.74) is 7.53. The first-order valence-electron chi connectivity index (χ1n) is 9.14. The monoisotopic (exact) mass is 350 g/mol. The van der Waals surface area contributed by atoms with Crippen LogP contribution in [-0.2, 0) is 6.54 Å². The summed E-state index contributed by atoms with van der Waals surface area (Å²) < 4.78 is 3.35. The van der Waals surface area contributed by atoms with Crippen LogP contribution in [0.3, 0.4) is 0 Å². The molecule has 3 aromatic heterocycles. The Bertz CT molecular complexity index is 1050. The molecule has 6 heteroatoms. The summed E-state index contributed by atoms with van der Waals surface area (Å²) in [6, 6.07) is 9.11. The van der Waals surface area contributed by atoms with E-state index >= 15 is 0 Å². The fourth-order valence-corrected chi connectivity index (χ4v) is 3.35. The summed E-state index contributed by atoms with van der Waals surface area (Å²) >= 11 is 0. The molecule has 26 heavy (non-hydrogen) atoms. The van der Waals surface area contributed by atoms with Crippen molar-refractivity contribution in [2.75, 3.05) is 5.73 Å². The van der Waals surface area contributed by atoms with E-state index in [1.54, 1.807) is 24.4 Å². The van der Waals surface area contributed by atoms with Crippen molar-refractivity contribution in [2.24, 2.45) is 5.92 Å². The van der Waals surface area contributed by atoms with Gasteiger partial charge in [0.1, 0.15) is 17.0 Å². The smallest absolute Gasteiger partial charge is 0.278 e. The van der Waals surface area contributed by atoms with Crippen LogP contribution in [0.1, 0.15) is 45.1 Å². The largest absolute Gasteiger partial charge is 0.317 e. The van der Waals surface area contributed by atoms with E-state index in [9.17, 15) is 10.1 Å². The molecule has 134 valence electrons. The van der Waals surface area contributed by atoms with Crippen LogP contribution >= 0.6 is 0 Å². The highest BCUT2D eigenvalue weighted by molar-refractivity contribution is 5.76. The quantitative estimate of drug-likeness (QED) is 0.547. The first kappa shape index (κ1) is 17.9. The molecular weight excluding hydrogens is 326 g/mol. The first-order valence-corrected chi connectivity index (χ1v) is 9.14. The molecule has 0 saturated carbocycles. The standard InChI is InChI=1S/C20H23N5O/c1-3-5-8-14(4-2)13-25-18(22)15(12-21)11-16-19(25)23-17-9-6-7-10-24(17)20(16)26/h6-7,9-11,14,22H,3-5,8,13H2,1-2H3/p+1/t14-/m0/s1. The molecule has 3 rings (SSSR count). The highest BCUT2D eigenvalue weighted by Gasteiger charge is 2.22. The number of hydrogen-bond acceptors (Lipinski definition) is 4. The lowest BCUT2D eigenvalue weighted by Crippen LogP contribution is -2.43. The fourth-order valence-electron chi connectivity index (χ4n) is 3.35. The van der Waals surface area contributed by atoms with Crippen molar-refractivity contribution in [1.29, 1.82) is 5.26 Å². The van der Waals surface area contributed by atoms with Crippen molar-refractivity contribution in [3.63, 3.8) is 0 Å². The Morgan fingerprint density at radius 2 is 2.19 bits per heavy atom. The Morgan fingerprint density at radius 1 is 1.38 bits per heavy atom. The maximum absolute atomic E-state index is 12.9. The average molecular weight is 350 g/mol. The van der Waals surface area contributed by atoms with E-state index < -0.39 is 0 Å². The Labute approximate surface area is 152 Å². The highest BCUT2D eigenvalue weighted by Crippen LogP contribution is 2.18. The Balaban J connectivity index is 2.27. The zero-order valence-corrected chi connectivity index (χ0v) is 15.3. The topological polar surface area (TPSA) is 88.1 Å². The number of nitrogens with two attached hydrogens (primary N) is 1. The maximum Gasteiger partial charge on any atom is 0.278 e. The van der Waals surface area contributed by atoms with Gasteiger partial charge in [-0.3, -0.25) is 9.20 Å². The molecule has 0 saturated heterocycles. The zero-order valence-electron chi connectivity index (χ0n) is 15.3. The molecular formula is C20H24N5O+. The molecule has 0 fully saturated rings. The van der Waals surface area contributed by atoms with Crippen LogP contribution in [0.2, 0.25) is 0 Å². The van der Waals surface area contributed by atoms with Gasteiger partial charge in [-0.25, -0.2) is 4.57 Å². The second-order valence-corrected chi connectivity index (χ2v) is 6.67. The van der Waals surface area contributed by atoms with Crippen LogP contribution < -0.4 is 15.9 Å². The van der Waals surface area contributed by atoms with Gasteiger partial charge in [0.25, 0.3) is 11.2 Å². The lowest BCUT2D eigenvalue weighted by molar-refractivity contribution is -0.666. The van der Waals surface area contributed by atoms with Crippen LogP contribution in [0, 0.1) is 17.2 Å². The summed E-state index contributed by atoms with van der Waals surface area (Å²) in [6.45, 7) is 4.99. The highest BCUT2D eigenvalue weighted by atomic mass is 16.1. The van der Waals surface area contributed by atoms with Gasteiger partial charge in [0, 0.05) is 6.20 Å². The third-order valence-corrected chi connectivity index (χ3v) is 4.96. The Hall–Kier alpha value is -2.94. The third kappa shape index (κ3) is 3.13. The number of nitrogen functional groups attached to an aromatic ring is 1. The molecule has 3 heterocycles. The van der Waals surface area contributed by atoms with E-state index in [0.717, 1.165) is 25.7 Å². The van der Waals surface area contributed by atoms with Crippen molar-refractivity contribution >= 4 is 22.5 Å². The van der Waals surface area contributed by atoms with Gasteiger partial charge >= 0.3 is 0 Å². The van der Waals surface area contributed by atoms with Gasteiger partial charge in [-0.2, -0.15) is 5.26 Å². The van der Waals surface area contributed by atoms with Crippen molar-refractivity contribution in [3.8, 4) is 6.07 Å². The lowest BCUT2D eigenvalue weighted by atomic mass is 9.99. The number of hydrogen-bond donors (Lipinski definition) is 1. The molecule has 1 atom stereocenters.